The lowest BCUT2D eigenvalue weighted by Crippen LogP contribution is -2.41. The molecule has 12 heteroatoms. The molecule has 156 valence electrons. The Hall–Kier alpha value is -1.55. The van der Waals surface area contributed by atoms with Crippen molar-refractivity contribution in [1.82, 2.24) is 20.1 Å². The Balaban J connectivity index is 0.00000196. The molecule has 0 aliphatic heterocycles. The molecule has 2 heterocycles. The quantitative estimate of drug-likeness (QED) is 0.730. The van der Waals surface area contributed by atoms with Gasteiger partial charge in [-0.3, -0.25) is 4.79 Å². The van der Waals surface area contributed by atoms with E-state index in [1.807, 2.05) is 0 Å². The average molecular weight is 461 g/mol. The third kappa shape index (κ3) is 5.28. The molecule has 3 rings (SSSR count). The first-order valence-electron chi connectivity index (χ1n) is 8.10. The lowest BCUT2D eigenvalue weighted by Gasteiger charge is -2.26. The first-order valence-corrected chi connectivity index (χ1v) is 8.47. The number of carbonyl (C=O) groups excluding carboxylic acids is 1. The number of nitrogens with one attached hydrogen (secondary N) is 1. The van der Waals surface area contributed by atoms with Gasteiger partial charge < -0.3 is 11.1 Å². The summed E-state index contributed by atoms with van der Waals surface area (Å²) in [6.45, 7) is 0. The van der Waals surface area contributed by atoms with Gasteiger partial charge in [0.2, 0.25) is 0 Å². The second-order valence-corrected chi connectivity index (χ2v) is 6.62. The lowest BCUT2D eigenvalue weighted by molar-refractivity contribution is -0.143. The van der Waals surface area contributed by atoms with Crippen LogP contribution in [0.25, 0.3) is 5.82 Å². The van der Waals surface area contributed by atoms with Gasteiger partial charge in [-0.1, -0.05) is 11.6 Å². The maximum absolute atomic E-state index is 13.6. The van der Waals surface area contributed by atoms with Crippen molar-refractivity contribution in [3.8, 4) is 5.82 Å². The number of nitrogens with two attached hydrogens (primary N) is 1. The van der Waals surface area contributed by atoms with Crippen molar-refractivity contribution in [3.63, 3.8) is 0 Å². The number of aromatic nitrogens is 3. The van der Waals surface area contributed by atoms with Crippen molar-refractivity contribution >= 4 is 42.3 Å². The van der Waals surface area contributed by atoms with Crippen LogP contribution in [0.1, 0.15) is 41.7 Å². The minimum absolute atomic E-state index is 0. The monoisotopic (exact) mass is 459 g/mol. The molecule has 1 fully saturated rings. The summed E-state index contributed by atoms with van der Waals surface area (Å²) in [6.07, 6.45) is 0.0907. The molecule has 1 aliphatic carbocycles. The van der Waals surface area contributed by atoms with Crippen LogP contribution in [-0.2, 0) is 6.18 Å². The number of alkyl halides is 3. The fourth-order valence-corrected chi connectivity index (χ4v) is 3.21. The van der Waals surface area contributed by atoms with Crippen molar-refractivity contribution in [2.24, 2.45) is 5.73 Å². The van der Waals surface area contributed by atoms with Crippen LogP contribution in [-0.4, -0.2) is 32.8 Å². The van der Waals surface area contributed by atoms with Crippen molar-refractivity contribution in [3.05, 3.63) is 40.8 Å². The molecule has 1 aliphatic rings. The van der Waals surface area contributed by atoms with Gasteiger partial charge in [-0.25, -0.2) is 9.67 Å². The van der Waals surface area contributed by atoms with E-state index >= 15 is 0 Å². The number of nitrogens with zero attached hydrogens (tertiary/aromatic N) is 3. The zero-order valence-corrected chi connectivity index (χ0v) is 16.8. The third-order valence-electron chi connectivity index (χ3n) is 4.33. The number of hydrogen-bond acceptors (Lipinski definition) is 4. The molecule has 2 aromatic rings. The topological polar surface area (TPSA) is 85.8 Å². The summed E-state index contributed by atoms with van der Waals surface area (Å²) in [5.41, 5.74) is 4.04. The lowest BCUT2D eigenvalue weighted by atomic mass is 9.91. The van der Waals surface area contributed by atoms with E-state index in [-0.39, 0.29) is 47.7 Å². The van der Waals surface area contributed by atoms with E-state index in [1.54, 1.807) is 0 Å². The Morgan fingerprint density at radius 3 is 2.46 bits per heavy atom. The highest BCUT2D eigenvalue weighted by atomic mass is 35.5. The zero-order valence-electron chi connectivity index (χ0n) is 14.4. The van der Waals surface area contributed by atoms with Gasteiger partial charge in [0.1, 0.15) is 0 Å². The van der Waals surface area contributed by atoms with E-state index in [0.29, 0.717) is 17.5 Å². The SMILES string of the molecule is Cl.Cl.NC1CCC(NC(=O)c2cnn(-c3ncccc3Cl)c2C(F)(F)F)CC1. The Bertz CT molecular complexity index is 807. The van der Waals surface area contributed by atoms with E-state index in [4.69, 9.17) is 17.3 Å². The molecule has 6 nitrogen and oxygen atoms in total. The number of rotatable bonds is 3. The van der Waals surface area contributed by atoms with Crippen LogP contribution < -0.4 is 11.1 Å². The summed E-state index contributed by atoms with van der Waals surface area (Å²) in [6, 6.07) is 2.76. The molecule has 0 bridgehead atoms. The van der Waals surface area contributed by atoms with Crippen molar-refractivity contribution < 1.29 is 18.0 Å². The van der Waals surface area contributed by atoms with Gasteiger partial charge in [0, 0.05) is 18.3 Å². The van der Waals surface area contributed by atoms with Crippen molar-refractivity contribution in [2.45, 2.75) is 43.9 Å². The number of hydrogen-bond donors (Lipinski definition) is 2. The molecule has 3 N–H and O–H groups in total. The maximum atomic E-state index is 13.6. The summed E-state index contributed by atoms with van der Waals surface area (Å²) in [7, 11) is 0. The predicted octanol–water partition coefficient (Wildman–Crippen LogP) is 3.78. The van der Waals surface area contributed by atoms with Crippen molar-refractivity contribution in [2.75, 3.05) is 0 Å². The Labute approximate surface area is 176 Å². The fraction of sp³-hybridized carbons (Fsp3) is 0.438. The zero-order chi connectivity index (χ0) is 18.9. The molecule has 0 aromatic carbocycles. The molecule has 2 aromatic heterocycles. The van der Waals surface area contributed by atoms with E-state index in [1.165, 1.54) is 18.3 Å². The van der Waals surface area contributed by atoms with E-state index < -0.39 is 23.3 Å². The highest BCUT2D eigenvalue weighted by Gasteiger charge is 2.41. The van der Waals surface area contributed by atoms with Gasteiger partial charge in [0.25, 0.3) is 5.91 Å². The van der Waals surface area contributed by atoms with E-state index in [2.05, 4.69) is 15.4 Å². The highest BCUT2D eigenvalue weighted by Crippen LogP contribution is 2.34. The molecule has 0 unspecified atom stereocenters. The summed E-state index contributed by atoms with van der Waals surface area (Å²) >= 11 is 5.94. The minimum Gasteiger partial charge on any atom is -0.349 e. The molecule has 0 saturated heterocycles. The van der Waals surface area contributed by atoms with Crippen LogP contribution in [0.3, 0.4) is 0 Å². The number of carbonyl (C=O) groups is 1. The van der Waals surface area contributed by atoms with Gasteiger partial charge in [-0.05, 0) is 37.8 Å². The number of amides is 1. The molecule has 0 atom stereocenters. The Morgan fingerprint density at radius 2 is 1.89 bits per heavy atom. The molecule has 1 saturated carbocycles. The first kappa shape index (κ1) is 24.5. The largest absolute Gasteiger partial charge is 0.434 e. The van der Waals surface area contributed by atoms with E-state index in [9.17, 15) is 18.0 Å². The van der Waals surface area contributed by atoms with Crippen LogP contribution in [0.5, 0.6) is 0 Å². The Kier molecular flexibility index (Phi) is 8.55. The van der Waals surface area contributed by atoms with Crippen LogP contribution in [0.2, 0.25) is 5.02 Å². The number of halogens is 6. The van der Waals surface area contributed by atoms with Gasteiger partial charge >= 0.3 is 6.18 Å². The van der Waals surface area contributed by atoms with Crippen LogP contribution in [0, 0.1) is 0 Å². The maximum Gasteiger partial charge on any atom is 0.434 e. The van der Waals surface area contributed by atoms with Gasteiger partial charge in [0.05, 0.1) is 16.8 Å². The minimum atomic E-state index is -4.81. The average Bonchev–Trinajstić information content (AvgIpc) is 3.02. The van der Waals surface area contributed by atoms with Crippen LogP contribution >= 0.6 is 36.4 Å². The summed E-state index contributed by atoms with van der Waals surface area (Å²) in [5, 5.41) is 6.35. The summed E-state index contributed by atoms with van der Waals surface area (Å²) in [4.78, 5) is 16.3. The molecule has 28 heavy (non-hydrogen) atoms. The second-order valence-electron chi connectivity index (χ2n) is 6.21. The fourth-order valence-electron chi connectivity index (χ4n) is 3.01. The predicted molar refractivity (Wildman–Crippen MR) is 104 cm³/mol. The molecule has 1 amide bonds. The van der Waals surface area contributed by atoms with Crippen LogP contribution in [0.4, 0.5) is 13.2 Å². The summed E-state index contributed by atoms with van der Waals surface area (Å²) < 4.78 is 41.4. The number of pyridine rings is 1. The normalized spacial score (nSPS) is 19.3. The third-order valence-corrected chi connectivity index (χ3v) is 4.62. The molecule has 0 spiro atoms. The van der Waals surface area contributed by atoms with Crippen LogP contribution in [0.15, 0.2) is 24.5 Å². The molecule has 0 radical (unpaired) electrons. The highest BCUT2D eigenvalue weighted by molar-refractivity contribution is 6.32. The van der Waals surface area contributed by atoms with Crippen molar-refractivity contribution in [1.29, 1.82) is 0 Å². The van der Waals surface area contributed by atoms with E-state index in [0.717, 1.165) is 19.0 Å². The van der Waals surface area contributed by atoms with Gasteiger partial charge in [-0.2, -0.15) is 18.3 Å². The first-order chi connectivity index (χ1) is 12.3. The molecular weight excluding hydrogens is 442 g/mol. The Morgan fingerprint density at radius 1 is 1.25 bits per heavy atom. The standard InChI is InChI=1S/C16H17ClF3N5O.2ClH/c17-12-2-1-7-22-14(12)25-13(16(18,19)20)11(8-23-25)15(26)24-10-5-3-9(21)4-6-10;;/h1-2,7-10H,3-6,21H2,(H,24,26);2*1H. The second kappa shape index (κ2) is 9.78. The summed E-state index contributed by atoms with van der Waals surface area (Å²) in [5.74, 6) is -1.01. The molecular formula is C16H19Cl3F3N5O. The van der Waals surface area contributed by atoms with Gasteiger partial charge in [-0.15, -0.1) is 24.8 Å². The van der Waals surface area contributed by atoms with Gasteiger partial charge in [0.15, 0.2) is 11.5 Å². The smallest absolute Gasteiger partial charge is 0.349 e.